The summed E-state index contributed by atoms with van der Waals surface area (Å²) in [4.78, 5) is 20.3. The second kappa shape index (κ2) is 10.8. The largest absolute Gasteiger partial charge is 0.466 e. The van der Waals surface area contributed by atoms with Gasteiger partial charge in [-0.15, -0.1) is 0 Å². The minimum absolute atomic E-state index is 0.0148. The Bertz CT molecular complexity index is 571. The number of nitrogens with one attached hydrogen (secondary N) is 2. The van der Waals surface area contributed by atoms with E-state index in [1.54, 1.807) is 24.5 Å². The van der Waals surface area contributed by atoms with Crippen molar-refractivity contribution in [2.75, 3.05) is 19.7 Å². The third-order valence-electron chi connectivity index (χ3n) is 4.55. The van der Waals surface area contributed by atoms with E-state index in [-0.39, 0.29) is 24.5 Å². The molecule has 0 bridgehead atoms. The molecule has 1 aromatic rings. The maximum Gasteiger partial charge on any atom is 0.308 e. The molecule has 144 valence electrons. The number of aliphatic imine (C=N–C) groups is 1. The molecule has 1 fully saturated rings. The van der Waals surface area contributed by atoms with Gasteiger partial charge < -0.3 is 20.5 Å². The van der Waals surface area contributed by atoms with Gasteiger partial charge in [-0.2, -0.15) is 0 Å². The number of aliphatic hydroxyl groups is 1. The van der Waals surface area contributed by atoms with Gasteiger partial charge in [0.15, 0.2) is 5.96 Å². The van der Waals surface area contributed by atoms with E-state index >= 15 is 0 Å². The lowest BCUT2D eigenvalue weighted by Gasteiger charge is -2.29. The molecule has 1 heterocycles. The van der Waals surface area contributed by atoms with Crippen molar-refractivity contribution < 1.29 is 14.6 Å². The zero-order valence-electron chi connectivity index (χ0n) is 15.6. The van der Waals surface area contributed by atoms with Gasteiger partial charge in [0.1, 0.15) is 0 Å². The second-order valence-electron chi connectivity index (χ2n) is 6.46. The van der Waals surface area contributed by atoms with Crippen molar-refractivity contribution in [3.8, 4) is 0 Å². The van der Waals surface area contributed by atoms with Crippen LogP contribution in [0.3, 0.4) is 0 Å². The highest BCUT2D eigenvalue weighted by atomic mass is 16.5. The Hall–Kier alpha value is -2.15. The number of carbonyl (C=O) groups excluding carboxylic acids is 1. The van der Waals surface area contributed by atoms with Gasteiger partial charge in [-0.05, 0) is 57.2 Å². The fourth-order valence-corrected chi connectivity index (χ4v) is 3.12. The van der Waals surface area contributed by atoms with Gasteiger partial charge in [-0.3, -0.25) is 14.8 Å². The van der Waals surface area contributed by atoms with E-state index in [2.05, 4.69) is 20.6 Å². The molecule has 0 saturated heterocycles. The minimum Gasteiger partial charge on any atom is -0.466 e. The molecule has 3 N–H and O–H groups in total. The second-order valence-corrected chi connectivity index (χ2v) is 6.46. The van der Waals surface area contributed by atoms with Crippen molar-refractivity contribution in [2.45, 2.75) is 51.7 Å². The first-order valence-electron chi connectivity index (χ1n) is 9.43. The zero-order chi connectivity index (χ0) is 18.8. The molecule has 0 aliphatic heterocycles. The maximum absolute atomic E-state index is 11.8. The first-order valence-corrected chi connectivity index (χ1v) is 9.43. The van der Waals surface area contributed by atoms with Crippen molar-refractivity contribution >= 4 is 11.9 Å². The first-order chi connectivity index (χ1) is 12.6. The van der Waals surface area contributed by atoms with Gasteiger partial charge in [-0.25, -0.2) is 0 Å². The van der Waals surface area contributed by atoms with Crippen LogP contribution >= 0.6 is 0 Å². The van der Waals surface area contributed by atoms with Crippen LogP contribution in [0.1, 0.15) is 51.2 Å². The molecule has 1 unspecified atom stereocenters. The van der Waals surface area contributed by atoms with Gasteiger partial charge in [0.05, 0.1) is 25.2 Å². The van der Waals surface area contributed by atoms with E-state index in [1.807, 2.05) is 13.8 Å². The van der Waals surface area contributed by atoms with Crippen LogP contribution in [0.5, 0.6) is 0 Å². The minimum atomic E-state index is -0.659. The topological polar surface area (TPSA) is 95.8 Å². The quantitative estimate of drug-likeness (QED) is 0.389. The molecule has 0 aromatic carbocycles. The summed E-state index contributed by atoms with van der Waals surface area (Å²) in [5.41, 5.74) is 0.801. The smallest absolute Gasteiger partial charge is 0.308 e. The highest BCUT2D eigenvalue weighted by Gasteiger charge is 2.27. The van der Waals surface area contributed by atoms with Crippen LogP contribution in [0.4, 0.5) is 0 Å². The fourth-order valence-electron chi connectivity index (χ4n) is 3.12. The Balaban J connectivity index is 1.85. The summed E-state index contributed by atoms with van der Waals surface area (Å²) in [6.07, 6.45) is 6.13. The van der Waals surface area contributed by atoms with Gasteiger partial charge in [-0.1, -0.05) is 0 Å². The standard InChI is InChI=1S/C19H30N4O3/c1-3-21-19(22-13-17(24)14-9-11-20-12-10-14)23-16-7-5-15(6-8-16)18(25)26-4-2/h9-12,15-17,24H,3-8,13H2,1-2H3,(H2,21,22,23). The number of esters is 1. The van der Waals surface area contributed by atoms with Gasteiger partial charge in [0.2, 0.25) is 0 Å². The molecule has 0 amide bonds. The predicted octanol–water partition coefficient (Wildman–Crippen LogP) is 1.79. The van der Waals surface area contributed by atoms with Crippen LogP contribution < -0.4 is 10.6 Å². The number of hydrogen-bond donors (Lipinski definition) is 3. The Morgan fingerprint density at radius 2 is 2.00 bits per heavy atom. The summed E-state index contributed by atoms with van der Waals surface area (Å²) in [6, 6.07) is 3.85. The van der Waals surface area contributed by atoms with Crippen molar-refractivity contribution in [1.82, 2.24) is 15.6 Å². The lowest BCUT2D eigenvalue weighted by atomic mass is 9.86. The molecule has 0 radical (unpaired) electrons. The molecule has 0 spiro atoms. The lowest BCUT2D eigenvalue weighted by molar-refractivity contribution is -0.149. The van der Waals surface area contributed by atoms with Crippen LogP contribution in [-0.2, 0) is 9.53 Å². The molecular formula is C19H30N4O3. The SMILES string of the molecule is CCNC(=NCC(O)c1ccncc1)NC1CCC(C(=O)OCC)CC1. The number of ether oxygens (including phenoxy) is 1. The highest BCUT2D eigenvalue weighted by Crippen LogP contribution is 2.25. The third kappa shape index (κ3) is 6.29. The molecule has 1 aromatic heterocycles. The Morgan fingerprint density at radius 1 is 1.31 bits per heavy atom. The van der Waals surface area contributed by atoms with Crippen LogP contribution in [0.2, 0.25) is 0 Å². The average molecular weight is 362 g/mol. The zero-order valence-corrected chi connectivity index (χ0v) is 15.6. The normalized spacial score (nSPS) is 21.7. The summed E-state index contributed by atoms with van der Waals surface area (Å²) in [6.45, 7) is 5.31. The number of hydrogen-bond acceptors (Lipinski definition) is 5. The Kier molecular flexibility index (Phi) is 8.34. The summed E-state index contributed by atoms with van der Waals surface area (Å²) in [7, 11) is 0. The van der Waals surface area contributed by atoms with Crippen LogP contribution in [0, 0.1) is 5.92 Å². The van der Waals surface area contributed by atoms with Crippen LogP contribution in [-0.4, -0.2) is 47.8 Å². The Labute approximate surface area is 155 Å². The maximum atomic E-state index is 11.8. The Morgan fingerprint density at radius 3 is 2.62 bits per heavy atom. The van der Waals surface area contributed by atoms with Gasteiger partial charge in [0, 0.05) is 25.0 Å². The van der Waals surface area contributed by atoms with E-state index in [0.717, 1.165) is 37.8 Å². The summed E-state index contributed by atoms with van der Waals surface area (Å²) >= 11 is 0. The average Bonchev–Trinajstić information content (AvgIpc) is 2.67. The molecular weight excluding hydrogens is 332 g/mol. The molecule has 7 nitrogen and oxygen atoms in total. The van der Waals surface area contributed by atoms with E-state index in [0.29, 0.717) is 12.6 Å². The number of pyridine rings is 1. The highest BCUT2D eigenvalue weighted by molar-refractivity contribution is 5.80. The number of nitrogens with zero attached hydrogens (tertiary/aromatic N) is 2. The molecule has 1 atom stereocenters. The summed E-state index contributed by atoms with van der Waals surface area (Å²) in [5.74, 6) is 0.633. The lowest BCUT2D eigenvalue weighted by Crippen LogP contribution is -2.45. The van der Waals surface area contributed by atoms with E-state index in [1.165, 1.54) is 0 Å². The van der Waals surface area contributed by atoms with Gasteiger partial charge in [0.25, 0.3) is 0 Å². The van der Waals surface area contributed by atoms with Crippen LogP contribution in [0.15, 0.2) is 29.5 Å². The van der Waals surface area contributed by atoms with Crippen molar-refractivity contribution in [3.63, 3.8) is 0 Å². The molecule has 7 heteroatoms. The summed E-state index contributed by atoms with van der Waals surface area (Å²) in [5, 5.41) is 16.9. The van der Waals surface area contributed by atoms with E-state index in [4.69, 9.17) is 4.74 Å². The van der Waals surface area contributed by atoms with Crippen molar-refractivity contribution in [3.05, 3.63) is 30.1 Å². The number of carbonyl (C=O) groups is 1. The summed E-state index contributed by atoms with van der Waals surface area (Å²) < 4.78 is 5.12. The molecule has 2 rings (SSSR count). The number of rotatable bonds is 7. The fraction of sp³-hybridized carbons (Fsp3) is 0.632. The molecule has 1 aliphatic carbocycles. The molecule has 1 aliphatic rings. The number of guanidine groups is 1. The van der Waals surface area contributed by atoms with Crippen LogP contribution in [0.25, 0.3) is 0 Å². The number of aliphatic hydroxyl groups excluding tert-OH is 1. The van der Waals surface area contributed by atoms with Crippen molar-refractivity contribution in [2.24, 2.45) is 10.9 Å². The van der Waals surface area contributed by atoms with E-state index in [9.17, 15) is 9.90 Å². The monoisotopic (exact) mass is 362 g/mol. The number of aromatic nitrogens is 1. The van der Waals surface area contributed by atoms with Gasteiger partial charge >= 0.3 is 5.97 Å². The van der Waals surface area contributed by atoms with Crippen molar-refractivity contribution in [1.29, 1.82) is 0 Å². The third-order valence-corrected chi connectivity index (χ3v) is 4.55. The molecule has 26 heavy (non-hydrogen) atoms. The van der Waals surface area contributed by atoms with E-state index < -0.39 is 6.10 Å². The first kappa shape index (κ1) is 20.2. The molecule has 1 saturated carbocycles. The predicted molar refractivity (Wildman–Crippen MR) is 101 cm³/mol.